The highest BCUT2D eigenvalue weighted by atomic mass is 16.6. The second kappa shape index (κ2) is 6.50. The molecular formula is C15H21BN2O4. The molecule has 0 aromatic heterocycles. The highest BCUT2D eigenvalue weighted by Crippen LogP contribution is 2.25. The molecule has 1 atom stereocenters. The smallest absolute Gasteiger partial charge is 0.426 e. The molecule has 1 aliphatic rings. The Morgan fingerprint density at radius 1 is 1.45 bits per heavy atom. The number of rotatable bonds is 4. The standard InChI is InChI=1S/C15H21BN2O4/c1-15(2,3)11-6-4-5-10(7-11)12-8-13(22-18-12)14(19)17-9-16(20)21/h4-7,13,20-21H,8-9H2,1-3H3,(H,17,19). The molecule has 0 aliphatic carbocycles. The van der Waals surface area contributed by atoms with Gasteiger partial charge in [-0.15, -0.1) is 0 Å². The summed E-state index contributed by atoms with van der Waals surface area (Å²) in [5.74, 6) is -0.404. The molecule has 6 nitrogen and oxygen atoms in total. The van der Waals surface area contributed by atoms with Crippen molar-refractivity contribution in [2.75, 3.05) is 6.44 Å². The fourth-order valence-electron chi connectivity index (χ4n) is 2.16. The monoisotopic (exact) mass is 304 g/mol. The molecule has 1 aliphatic heterocycles. The zero-order chi connectivity index (χ0) is 16.3. The number of nitrogens with zero attached hydrogens (tertiary/aromatic N) is 1. The number of hydrogen-bond acceptors (Lipinski definition) is 5. The third-order valence-corrected chi connectivity index (χ3v) is 3.48. The molecule has 1 aromatic rings. The van der Waals surface area contributed by atoms with Crippen LogP contribution in [0.5, 0.6) is 0 Å². The summed E-state index contributed by atoms with van der Waals surface area (Å²) in [7, 11) is -1.57. The summed E-state index contributed by atoms with van der Waals surface area (Å²) in [6.45, 7) is 6.40. The van der Waals surface area contributed by atoms with Crippen LogP contribution in [0.25, 0.3) is 0 Å². The lowest BCUT2D eigenvalue weighted by molar-refractivity contribution is -0.130. The van der Waals surface area contributed by atoms with Crippen LogP contribution in [0.3, 0.4) is 0 Å². The Balaban J connectivity index is 2.03. The van der Waals surface area contributed by atoms with Crippen LogP contribution in [-0.4, -0.2) is 41.3 Å². The van der Waals surface area contributed by atoms with Crippen molar-refractivity contribution in [3.8, 4) is 0 Å². The van der Waals surface area contributed by atoms with Crippen LogP contribution in [0.1, 0.15) is 38.3 Å². The molecule has 1 unspecified atom stereocenters. The summed E-state index contributed by atoms with van der Waals surface area (Å²) >= 11 is 0. The minimum absolute atomic E-state index is 0.0318. The molecule has 7 heteroatoms. The Hall–Kier alpha value is -1.86. The van der Waals surface area contributed by atoms with Crippen LogP contribution in [0.2, 0.25) is 0 Å². The third kappa shape index (κ3) is 4.08. The first-order valence-corrected chi connectivity index (χ1v) is 7.25. The van der Waals surface area contributed by atoms with Gasteiger partial charge in [-0.2, -0.15) is 0 Å². The summed E-state index contributed by atoms with van der Waals surface area (Å²) in [4.78, 5) is 17.0. The average Bonchev–Trinajstić information content (AvgIpc) is 2.94. The molecule has 1 amide bonds. The van der Waals surface area contributed by atoms with E-state index >= 15 is 0 Å². The highest BCUT2D eigenvalue weighted by molar-refractivity contribution is 6.41. The van der Waals surface area contributed by atoms with Gasteiger partial charge in [0.25, 0.3) is 5.91 Å². The van der Waals surface area contributed by atoms with Crippen LogP contribution < -0.4 is 5.32 Å². The molecule has 0 bridgehead atoms. The summed E-state index contributed by atoms with van der Waals surface area (Å²) in [6.07, 6.45) is -0.596. The molecule has 0 saturated heterocycles. The molecule has 1 aromatic carbocycles. The van der Waals surface area contributed by atoms with Gasteiger partial charge in [-0.1, -0.05) is 44.1 Å². The molecule has 0 saturated carbocycles. The summed E-state index contributed by atoms with van der Waals surface area (Å²) in [5, 5.41) is 23.9. The zero-order valence-corrected chi connectivity index (χ0v) is 13.0. The second-order valence-electron chi connectivity index (χ2n) is 6.39. The summed E-state index contributed by atoms with van der Waals surface area (Å²) in [5.41, 5.74) is 2.87. The zero-order valence-electron chi connectivity index (χ0n) is 13.0. The number of oxime groups is 1. The van der Waals surface area contributed by atoms with Gasteiger partial charge in [0.1, 0.15) is 0 Å². The topological polar surface area (TPSA) is 91.2 Å². The highest BCUT2D eigenvalue weighted by Gasteiger charge is 2.29. The van der Waals surface area contributed by atoms with Crippen molar-refractivity contribution in [1.82, 2.24) is 5.32 Å². The molecular weight excluding hydrogens is 283 g/mol. The fourth-order valence-corrected chi connectivity index (χ4v) is 2.16. The normalized spacial score (nSPS) is 17.7. The predicted molar refractivity (Wildman–Crippen MR) is 84.4 cm³/mol. The fraction of sp³-hybridized carbons (Fsp3) is 0.467. The summed E-state index contributed by atoms with van der Waals surface area (Å²) in [6, 6.07) is 8.02. The first-order chi connectivity index (χ1) is 10.3. The molecule has 0 fully saturated rings. The van der Waals surface area contributed by atoms with E-state index in [2.05, 4.69) is 43.4 Å². The maximum absolute atomic E-state index is 11.8. The van der Waals surface area contributed by atoms with E-state index in [4.69, 9.17) is 14.9 Å². The molecule has 0 spiro atoms. The van der Waals surface area contributed by atoms with Crippen molar-refractivity contribution in [2.45, 2.75) is 38.7 Å². The van der Waals surface area contributed by atoms with E-state index < -0.39 is 19.1 Å². The van der Waals surface area contributed by atoms with Crippen molar-refractivity contribution in [2.24, 2.45) is 5.16 Å². The lowest BCUT2D eigenvalue weighted by Gasteiger charge is -2.19. The van der Waals surface area contributed by atoms with E-state index in [0.717, 1.165) is 11.3 Å². The maximum Gasteiger partial charge on any atom is 0.472 e. The first kappa shape index (κ1) is 16.5. The number of carbonyl (C=O) groups excluding carboxylic acids is 1. The SMILES string of the molecule is CC(C)(C)c1cccc(C2=NOC(C(=O)NCB(O)O)C2)c1. The van der Waals surface area contributed by atoms with Gasteiger partial charge in [-0.05, 0) is 22.6 Å². The Kier molecular flexibility index (Phi) is 4.88. The van der Waals surface area contributed by atoms with Crippen LogP contribution in [0, 0.1) is 0 Å². The van der Waals surface area contributed by atoms with Crippen LogP contribution in [-0.2, 0) is 15.0 Å². The minimum atomic E-state index is -1.57. The Bertz CT molecular complexity index is 581. The van der Waals surface area contributed by atoms with Crippen molar-refractivity contribution >= 4 is 18.7 Å². The largest absolute Gasteiger partial charge is 0.472 e. The van der Waals surface area contributed by atoms with Crippen LogP contribution in [0.4, 0.5) is 0 Å². The number of amides is 1. The molecule has 118 valence electrons. The second-order valence-corrected chi connectivity index (χ2v) is 6.39. The van der Waals surface area contributed by atoms with E-state index in [0.29, 0.717) is 6.42 Å². The van der Waals surface area contributed by atoms with Crippen molar-refractivity contribution < 1.29 is 19.7 Å². The van der Waals surface area contributed by atoms with E-state index in [1.807, 2.05) is 12.1 Å². The maximum atomic E-state index is 11.8. The van der Waals surface area contributed by atoms with E-state index in [1.54, 1.807) is 0 Å². The van der Waals surface area contributed by atoms with Gasteiger partial charge in [-0.25, -0.2) is 0 Å². The molecule has 2 rings (SSSR count). The van der Waals surface area contributed by atoms with Crippen molar-refractivity contribution in [1.29, 1.82) is 0 Å². The van der Waals surface area contributed by atoms with Crippen LogP contribution >= 0.6 is 0 Å². The third-order valence-electron chi connectivity index (χ3n) is 3.48. The van der Waals surface area contributed by atoms with E-state index in [-0.39, 0.29) is 11.9 Å². The van der Waals surface area contributed by atoms with Gasteiger partial charge in [0.05, 0.1) is 12.2 Å². The quantitative estimate of drug-likeness (QED) is 0.711. The van der Waals surface area contributed by atoms with Crippen LogP contribution in [0.15, 0.2) is 29.4 Å². The Morgan fingerprint density at radius 2 is 2.18 bits per heavy atom. The van der Waals surface area contributed by atoms with Crippen molar-refractivity contribution in [3.63, 3.8) is 0 Å². The van der Waals surface area contributed by atoms with Crippen molar-refractivity contribution in [3.05, 3.63) is 35.4 Å². The van der Waals surface area contributed by atoms with E-state index in [1.165, 1.54) is 5.56 Å². The Labute approximate surface area is 130 Å². The summed E-state index contributed by atoms with van der Waals surface area (Å²) < 4.78 is 0. The number of nitrogens with one attached hydrogen (secondary N) is 1. The van der Waals surface area contributed by atoms with Gasteiger partial charge in [-0.3, -0.25) is 4.79 Å². The molecule has 22 heavy (non-hydrogen) atoms. The number of hydrogen-bond donors (Lipinski definition) is 3. The molecule has 3 N–H and O–H groups in total. The lowest BCUT2D eigenvalue weighted by atomic mass is 9.85. The lowest BCUT2D eigenvalue weighted by Crippen LogP contribution is -2.41. The number of carbonyl (C=O) groups is 1. The minimum Gasteiger partial charge on any atom is -0.426 e. The van der Waals surface area contributed by atoms with Gasteiger partial charge in [0.15, 0.2) is 0 Å². The van der Waals surface area contributed by atoms with E-state index in [9.17, 15) is 4.79 Å². The van der Waals surface area contributed by atoms with Gasteiger partial charge in [0.2, 0.25) is 6.10 Å². The number of benzene rings is 1. The Morgan fingerprint density at radius 3 is 2.82 bits per heavy atom. The predicted octanol–water partition coefficient (Wildman–Crippen LogP) is 0.605. The average molecular weight is 304 g/mol. The first-order valence-electron chi connectivity index (χ1n) is 7.25. The van der Waals surface area contributed by atoms with Gasteiger partial charge < -0.3 is 20.2 Å². The molecule has 0 radical (unpaired) electrons. The molecule has 1 heterocycles. The van der Waals surface area contributed by atoms with Gasteiger partial charge >= 0.3 is 7.12 Å². The van der Waals surface area contributed by atoms with Gasteiger partial charge in [0, 0.05) is 6.42 Å².